The highest BCUT2D eigenvalue weighted by molar-refractivity contribution is 7.05. The van der Waals surface area contributed by atoms with Gasteiger partial charge in [-0.3, -0.25) is 4.98 Å². The van der Waals surface area contributed by atoms with Crippen molar-refractivity contribution in [1.82, 2.24) is 19.9 Å². The van der Waals surface area contributed by atoms with Crippen LogP contribution < -0.4 is 5.32 Å². The number of rotatable bonds is 4. The van der Waals surface area contributed by atoms with Gasteiger partial charge in [0.25, 0.3) is 0 Å². The molecule has 78 valence electrons. The molecule has 4 nitrogen and oxygen atoms in total. The van der Waals surface area contributed by atoms with Gasteiger partial charge >= 0.3 is 0 Å². The molecule has 0 aliphatic carbocycles. The molecular formula is C10H12N4S. The second-order valence-corrected chi connectivity index (χ2v) is 4.00. The quantitative estimate of drug-likeness (QED) is 0.847. The smallest absolute Gasteiger partial charge is 0.0669 e. The first kappa shape index (κ1) is 10.2. The molecule has 0 aromatic carbocycles. The lowest BCUT2D eigenvalue weighted by Crippen LogP contribution is -2.18. The Morgan fingerprint density at radius 3 is 3.00 bits per heavy atom. The van der Waals surface area contributed by atoms with E-state index in [1.54, 1.807) is 6.20 Å². The van der Waals surface area contributed by atoms with Crippen LogP contribution in [0.3, 0.4) is 0 Å². The van der Waals surface area contributed by atoms with Gasteiger partial charge in [0.05, 0.1) is 17.1 Å². The molecule has 0 bridgehead atoms. The molecule has 1 unspecified atom stereocenters. The molecule has 0 saturated carbocycles. The summed E-state index contributed by atoms with van der Waals surface area (Å²) in [7, 11) is 1.94. The van der Waals surface area contributed by atoms with Crippen molar-refractivity contribution >= 4 is 11.5 Å². The van der Waals surface area contributed by atoms with Gasteiger partial charge in [0.1, 0.15) is 0 Å². The summed E-state index contributed by atoms with van der Waals surface area (Å²) in [5, 5.41) is 7.08. The van der Waals surface area contributed by atoms with Crippen molar-refractivity contribution in [3.05, 3.63) is 41.2 Å². The zero-order chi connectivity index (χ0) is 10.5. The Labute approximate surface area is 92.5 Å². The molecular weight excluding hydrogens is 208 g/mol. The molecule has 0 amide bonds. The zero-order valence-electron chi connectivity index (χ0n) is 8.42. The predicted molar refractivity (Wildman–Crippen MR) is 59.7 cm³/mol. The third-order valence-corrected chi connectivity index (χ3v) is 2.99. The van der Waals surface area contributed by atoms with E-state index in [9.17, 15) is 0 Å². The lowest BCUT2D eigenvalue weighted by molar-refractivity contribution is 0.593. The van der Waals surface area contributed by atoms with E-state index in [4.69, 9.17) is 0 Å². The Hall–Kier alpha value is -1.33. The fraction of sp³-hybridized carbons (Fsp3) is 0.300. The largest absolute Gasteiger partial charge is 0.312 e. The highest BCUT2D eigenvalue weighted by Gasteiger charge is 2.12. The van der Waals surface area contributed by atoms with Crippen LogP contribution in [0.25, 0.3) is 0 Å². The van der Waals surface area contributed by atoms with Gasteiger partial charge in [-0.15, -0.1) is 5.10 Å². The second kappa shape index (κ2) is 4.95. The van der Waals surface area contributed by atoms with E-state index in [-0.39, 0.29) is 6.04 Å². The normalized spacial score (nSPS) is 12.6. The highest BCUT2D eigenvalue weighted by Crippen LogP contribution is 2.18. The van der Waals surface area contributed by atoms with Gasteiger partial charge in [0.2, 0.25) is 0 Å². The summed E-state index contributed by atoms with van der Waals surface area (Å²) in [5.41, 5.74) is 1.07. The van der Waals surface area contributed by atoms with Crippen molar-refractivity contribution in [3.8, 4) is 0 Å². The van der Waals surface area contributed by atoms with Crippen molar-refractivity contribution in [2.24, 2.45) is 0 Å². The SMILES string of the molecule is CNC(Cc1ccccn1)c1cnns1. The molecule has 2 aromatic heterocycles. The third kappa shape index (κ3) is 2.57. The van der Waals surface area contributed by atoms with Crippen LogP contribution in [0.2, 0.25) is 0 Å². The van der Waals surface area contributed by atoms with E-state index >= 15 is 0 Å². The van der Waals surface area contributed by atoms with Crippen LogP contribution in [0.4, 0.5) is 0 Å². The van der Waals surface area contributed by atoms with E-state index in [0.717, 1.165) is 17.0 Å². The van der Waals surface area contributed by atoms with E-state index < -0.39 is 0 Å². The van der Waals surface area contributed by atoms with Crippen LogP contribution in [0.15, 0.2) is 30.6 Å². The summed E-state index contributed by atoms with van der Waals surface area (Å²) in [5.74, 6) is 0. The summed E-state index contributed by atoms with van der Waals surface area (Å²) in [6, 6.07) is 6.20. The van der Waals surface area contributed by atoms with Crippen LogP contribution in [0.5, 0.6) is 0 Å². The minimum atomic E-state index is 0.250. The summed E-state index contributed by atoms with van der Waals surface area (Å²) >= 11 is 1.42. The summed E-state index contributed by atoms with van der Waals surface area (Å²) in [6.07, 6.45) is 4.48. The molecule has 0 fully saturated rings. The number of nitrogens with one attached hydrogen (secondary N) is 1. The van der Waals surface area contributed by atoms with Gasteiger partial charge in [-0.05, 0) is 30.7 Å². The zero-order valence-corrected chi connectivity index (χ0v) is 9.24. The van der Waals surface area contributed by atoms with Crippen molar-refractivity contribution in [1.29, 1.82) is 0 Å². The number of pyridine rings is 1. The number of hydrogen-bond acceptors (Lipinski definition) is 5. The molecule has 0 aliphatic rings. The molecule has 5 heteroatoms. The predicted octanol–water partition coefficient (Wildman–Crippen LogP) is 1.44. The van der Waals surface area contributed by atoms with Crippen LogP contribution >= 0.6 is 11.5 Å². The molecule has 2 rings (SSSR count). The van der Waals surface area contributed by atoms with Gasteiger partial charge in [0.15, 0.2) is 0 Å². The van der Waals surface area contributed by atoms with Gasteiger partial charge < -0.3 is 5.32 Å². The monoisotopic (exact) mass is 220 g/mol. The van der Waals surface area contributed by atoms with Crippen LogP contribution in [0.1, 0.15) is 16.6 Å². The second-order valence-electron chi connectivity index (χ2n) is 3.19. The lowest BCUT2D eigenvalue weighted by Gasteiger charge is -2.12. The Morgan fingerprint density at radius 1 is 1.47 bits per heavy atom. The van der Waals surface area contributed by atoms with Crippen LogP contribution in [-0.2, 0) is 6.42 Å². The van der Waals surface area contributed by atoms with Gasteiger partial charge in [0, 0.05) is 18.3 Å². The van der Waals surface area contributed by atoms with E-state index in [1.807, 2.05) is 31.4 Å². The molecule has 0 saturated heterocycles. The van der Waals surface area contributed by atoms with Gasteiger partial charge in [-0.1, -0.05) is 10.6 Å². The minimum absolute atomic E-state index is 0.250. The van der Waals surface area contributed by atoms with Crippen molar-refractivity contribution in [2.45, 2.75) is 12.5 Å². The molecule has 2 aromatic rings. The third-order valence-electron chi connectivity index (χ3n) is 2.21. The van der Waals surface area contributed by atoms with Crippen molar-refractivity contribution in [3.63, 3.8) is 0 Å². The maximum atomic E-state index is 4.30. The first-order valence-corrected chi connectivity index (χ1v) is 5.52. The molecule has 1 N–H and O–H groups in total. The number of likely N-dealkylation sites (N-methyl/N-ethyl adjacent to an activating group) is 1. The minimum Gasteiger partial charge on any atom is -0.312 e. The molecule has 0 aliphatic heterocycles. The van der Waals surface area contributed by atoms with E-state index in [0.29, 0.717) is 0 Å². The van der Waals surface area contributed by atoms with Crippen LogP contribution in [-0.4, -0.2) is 21.6 Å². The van der Waals surface area contributed by atoms with Crippen LogP contribution in [0, 0.1) is 0 Å². The number of nitrogens with zero attached hydrogens (tertiary/aromatic N) is 3. The fourth-order valence-corrected chi connectivity index (χ4v) is 2.01. The average molecular weight is 220 g/mol. The molecule has 2 heterocycles. The molecule has 15 heavy (non-hydrogen) atoms. The average Bonchev–Trinajstić information content (AvgIpc) is 2.81. The molecule has 1 atom stereocenters. The Kier molecular flexibility index (Phi) is 3.37. The summed E-state index contributed by atoms with van der Waals surface area (Å²) in [4.78, 5) is 5.44. The standard InChI is InChI=1S/C10H12N4S/c1-11-9(10-7-13-14-15-10)6-8-4-2-3-5-12-8/h2-5,7,9,11H,6H2,1H3. The molecule has 0 spiro atoms. The number of aromatic nitrogens is 3. The highest BCUT2D eigenvalue weighted by atomic mass is 32.1. The first-order valence-electron chi connectivity index (χ1n) is 4.74. The van der Waals surface area contributed by atoms with E-state index in [2.05, 4.69) is 19.9 Å². The summed E-state index contributed by atoms with van der Waals surface area (Å²) in [6.45, 7) is 0. The maximum Gasteiger partial charge on any atom is 0.0669 e. The van der Waals surface area contributed by atoms with Crippen molar-refractivity contribution < 1.29 is 0 Å². The lowest BCUT2D eigenvalue weighted by atomic mass is 10.1. The number of hydrogen-bond donors (Lipinski definition) is 1. The Morgan fingerprint density at radius 2 is 2.40 bits per heavy atom. The summed E-state index contributed by atoms with van der Waals surface area (Å²) < 4.78 is 3.86. The Balaban J connectivity index is 2.10. The van der Waals surface area contributed by atoms with Crippen molar-refractivity contribution in [2.75, 3.05) is 7.05 Å². The fourth-order valence-electron chi connectivity index (χ4n) is 1.40. The topological polar surface area (TPSA) is 50.7 Å². The van der Waals surface area contributed by atoms with Gasteiger partial charge in [-0.2, -0.15) is 0 Å². The maximum absolute atomic E-state index is 4.30. The van der Waals surface area contributed by atoms with E-state index in [1.165, 1.54) is 11.5 Å². The van der Waals surface area contributed by atoms with Gasteiger partial charge in [-0.25, -0.2) is 0 Å². The first-order chi connectivity index (χ1) is 7.40. The molecule has 0 radical (unpaired) electrons. The Bertz CT molecular complexity index is 387.